The van der Waals surface area contributed by atoms with E-state index in [0.29, 0.717) is 6.54 Å². The zero-order valence-electron chi connectivity index (χ0n) is 10.9. The molecule has 4 nitrogen and oxygen atoms in total. The molecule has 2 amide bonds. The molecular formula is C13H20N2O2. The van der Waals surface area contributed by atoms with Gasteiger partial charge in [-0.25, -0.2) is 4.79 Å². The normalized spacial score (nSPS) is 10.1. The molecule has 0 unspecified atom stereocenters. The molecule has 1 aromatic rings. The Morgan fingerprint density at radius 1 is 1.35 bits per heavy atom. The third-order valence-corrected chi connectivity index (χ3v) is 3.03. The van der Waals surface area contributed by atoms with Crippen LogP contribution in [0.15, 0.2) is 6.07 Å². The molecule has 0 radical (unpaired) electrons. The number of amides is 2. The predicted octanol–water partition coefficient (Wildman–Crippen LogP) is 1.83. The van der Waals surface area contributed by atoms with E-state index in [1.807, 2.05) is 13.8 Å². The maximum atomic E-state index is 10.6. The topological polar surface area (TPSA) is 64.3 Å². The molecule has 1 aromatic carbocycles. The van der Waals surface area contributed by atoms with Crippen molar-refractivity contribution in [3.8, 4) is 5.75 Å². The zero-order valence-corrected chi connectivity index (χ0v) is 10.9. The number of nitrogens with two attached hydrogens (primary N) is 1. The van der Waals surface area contributed by atoms with Gasteiger partial charge in [-0.15, -0.1) is 0 Å². The molecule has 0 aliphatic rings. The Hall–Kier alpha value is -1.71. The van der Waals surface area contributed by atoms with E-state index >= 15 is 0 Å². The third-order valence-electron chi connectivity index (χ3n) is 3.03. The minimum absolute atomic E-state index is 0.482. The van der Waals surface area contributed by atoms with Crippen LogP contribution in [0.25, 0.3) is 0 Å². The number of rotatable bonds is 4. The smallest absolute Gasteiger partial charge is 0.312 e. The Kier molecular flexibility index (Phi) is 4.37. The van der Waals surface area contributed by atoms with Crippen LogP contribution < -0.4 is 15.8 Å². The van der Waals surface area contributed by atoms with Gasteiger partial charge < -0.3 is 15.8 Å². The lowest BCUT2D eigenvalue weighted by Gasteiger charge is -2.15. The summed E-state index contributed by atoms with van der Waals surface area (Å²) in [5.41, 5.74) is 9.72. The largest absolute Gasteiger partial charge is 0.496 e. The van der Waals surface area contributed by atoms with Crippen LogP contribution in [-0.4, -0.2) is 19.7 Å². The fourth-order valence-corrected chi connectivity index (χ4v) is 2.04. The van der Waals surface area contributed by atoms with Crippen molar-refractivity contribution < 1.29 is 9.53 Å². The first-order chi connectivity index (χ1) is 7.97. The molecule has 94 valence electrons. The highest BCUT2D eigenvalue weighted by molar-refractivity contribution is 5.71. The van der Waals surface area contributed by atoms with Gasteiger partial charge in [-0.3, -0.25) is 0 Å². The lowest BCUT2D eigenvalue weighted by molar-refractivity contribution is 0.249. The van der Waals surface area contributed by atoms with E-state index in [1.165, 1.54) is 11.1 Å². The first kappa shape index (κ1) is 13.4. The monoisotopic (exact) mass is 236 g/mol. The number of aryl methyl sites for hydroxylation is 1. The second-order valence-electron chi connectivity index (χ2n) is 4.18. The molecule has 0 heterocycles. The molecule has 4 heteroatoms. The van der Waals surface area contributed by atoms with Crippen LogP contribution in [0.2, 0.25) is 0 Å². The van der Waals surface area contributed by atoms with Gasteiger partial charge in [-0.2, -0.15) is 0 Å². The van der Waals surface area contributed by atoms with Crippen molar-refractivity contribution in [2.24, 2.45) is 5.73 Å². The Bertz CT molecular complexity index is 428. The highest BCUT2D eigenvalue weighted by Crippen LogP contribution is 2.28. The molecular weight excluding hydrogens is 216 g/mol. The first-order valence-corrected chi connectivity index (χ1v) is 5.64. The molecule has 0 saturated carbocycles. The maximum Gasteiger partial charge on any atom is 0.312 e. The summed E-state index contributed by atoms with van der Waals surface area (Å²) in [6.07, 6.45) is 0.778. The molecule has 0 saturated heterocycles. The lowest BCUT2D eigenvalue weighted by atomic mass is 9.96. The number of benzene rings is 1. The van der Waals surface area contributed by atoms with Crippen molar-refractivity contribution in [2.75, 3.05) is 13.7 Å². The molecule has 0 aliphatic carbocycles. The summed E-state index contributed by atoms with van der Waals surface area (Å²) < 4.78 is 5.36. The number of ether oxygens (including phenoxy) is 1. The minimum Gasteiger partial charge on any atom is -0.496 e. The Balaban J connectivity index is 2.90. The molecule has 3 N–H and O–H groups in total. The quantitative estimate of drug-likeness (QED) is 0.837. The SMILES string of the molecule is COc1c(C)cc(CCNC(N)=O)c(C)c1C. The summed E-state index contributed by atoms with van der Waals surface area (Å²) in [6.45, 7) is 6.70. The van der Waals surface area contributed by atoms with Crippen molar-refractivity contribution >= 4 is 6.03 Å². The molecule has 0 spiro atoms. The van der Waals surface area contributed by atoms with Gasteiger partial charge in [0.25, 0.3) is 0 Å². The van der Waals surface area contributed by atoms with Crippen molar-refractivity contribution in [3.05, 3.63) is 28.3 Å². The second-order valence-corrected chi connectivity index (χ2v) is 4.18. The highest BCUT2D eigenvalue weighted by atomic mass is 16.5. The van der Waals surface area contributed by atoms with Crippen LogP contribution in [-0.2, 0) is 6.42 Å². The van der Waals surface area contributed by atoms with Crippen molar-refractivity contribution in [2.45, 2.75) is 27.2 Å². The van der Waals surface area contributed by atoms with Gasteiger partial charge in [0.1, 0.15) is 5.75 Å². The number of nitrogens with one attached hydrogen (secondary N) is 1. The van der Waals surface area contributed by atoms with Gasteiger partial charge >= 0.3 is 6.03 Å². The molecule has 1 rings (SSSR count). The van der Waals surface area contributed by atoms with E-state index in [-0.39, 0.29) is 0 Å². The zero-order chi connectivity index (χ0) is 13.0. The Morgan fingerprint density at radius 3 is 2.53 bits per heavy atom. The predicted molar refractivity (Wildman–Crippen MR) is 68.5 cm³/mol. The molecule has 0 aromatic heterocycles. The summed E-state index contributed by atoms with van der Waals surface area (Å²) in [4.78, 5) is 10.6. The first-order valence-electron chi connectivity index (χ1n) is 5.64. The molecule has 0 bridgehead atoms. The summed E-state index contributed by atoms with van der Waals surface area (Å²) >= 11 is 0. The average Bonchev–Trinajstić information content (AvgIpc) is 2.25. The van der Waals surface area contributed by atoms with Gasteiger partial charge in [0.05, 0.1) is 7.11 Å². The molecule has 0 atom stereocenters. The summed E-state index contributed by atoms with van der Waals surface area (Å²) in [5, 5.41) is 2.60. The third kappa shape index (κ3) is 3.12. The van der Waals surface area contributed by atoms with Crippen LogP contribution in [0.5, 0.6) is 5.75 Å². The van der Waals surface area contributed by atoms with Crippen molar-refractivity contribution in [1.82, 2.24) is 5.32 Å². The molecule has 0 fully saturated rings. The van der Waals surface area contributed by atoms with E-state index in [2.05, 4.69) is 18.3 Å². The Morgan fingerprint density at radius 2 is 2.00 bits per heavy atom. The summed E-state index contributed by atoms with van der Waals surface area (Å²) in [5.74, 6) is 0.939. The van der Waals surface area contributed by atoms with E-state index in [4.69, 9.17) is 10.5 Å². The van der Waals surface area contributed by atoms with E-state index in [1.54, 1.807) is 7.11 Å². The average molecular weight is 236 g/mol. The number of urea groups is 1. The van der Waals surface area contributed by atoms with Crippen molar-refractivity contribution in [1.29, 1.82) is 0 Å². The van der Waals surface area contributed by atoms with E-state index in [9.17, 15) is 4.79 Å². The van der Waals surface area contributed by atoms with Crippen molar-refractivity contribution in [3.63, 3.8) is 0 Å². The van der Waals surface area contributed by atoms with Crippen LogP contribution >= 0.6 is 0 Å². The number of carbonyl (C=O) groups is 1. The van der Waals surface area contributed by atoms with Gasteiger partial charge in [-0.1, -0.05) is 6.07 Å². The minimum atomic E-state index is -0.482. The van der Waals surface area contributed by atoms with Crippen LogP contribution in [0.4, 0.5) is 4.79 Å². The number of hydrogen-bond donors (Lipinski definition) is 2. The number of hydrogen-bond acceptors (Lipinski definition) is 2. The van der Waals surface area contributed by atoms with Crippen LogP contribution in [0, 0.1) is 20.8 Å². The van der Waals surface area contributed by atoms with E-state index < -0.39 is 6.03 Å². The number of primary amides is 1. The van der Waals surface area contributed by atoms with Gasteiger partial charge in [0.15, 0.2) is 0 Å². The lowest BCUT2D eigenvalue weighted by Crippen LogP contribution is -2.31. The molecule has 0 aliphatic heterocycles. The number of carbonyl (C=O) groups excluding carboxylic acids is 1. The fraction of sp³-hybridized carbons (Fsp3) is 0.462. The molecule has 17 heavy (non-hydrogen) atoms. The number of methoxy groups -OCH3 is 1. The summed E-state index contributed by atoms with van der Waals surface area (Å²) in [7, 11) is 1.68. The fourth-order valence-electron chi connectivity index (χ4n) is 2.04. The standard InChI is InChI=1S/C13H20N2O2/c1-8-7-11(5-6-15-13(14)16)9(2)10(3)12(8)17-4/h7H,5-6H2,1-4H3,(H3,14,15,16). The second kappa shape index (κ2) is 5.57. The van der Waals surface area contributed by atoms with Crippen LogP contribution in [0.3, 0.4) is 0 Å². The van der Waals surface area contributed by atoms with Gasteiger partial charge in [0.2, 0.25) is 0 Å². The van der Waals surface area contributed by atoms with Crippen LogP contribution in [0.1, 0.15) is 22.3 Å². The summed E-state index contributed by atoms with van der Waals surface area (Å²) in [6, 6.07) is 1.62. The van der Waals surface area contributed by atoms with E-state index in [0.717, 1.165) is 23.3 Å². The van der Waals surface area contributed by atoms with Gasteiger partial charge in [0, 0.05) is 6.54 Å². The maximum absolute atomic E-state index is 10.6. The van der Waals surface area contributed by atoms with Gasteiger partial charge in [-0.05, 0) is 49.4 Å². The Labute approximate surface area is 102 Å². The highest BCUT2D eigenvalue weighted by Gasteiger charge is 2.10.